The Morgan fingerprint density at radius 1 is 1.39 bits per heavy atom. The molecule has 1 N–H and O–H groups in total. The van der Waals surface area contributed by atoms with E-state index in [1.165, 1.54) is 12.1 Å². The van der Waals surface area contributed by atoms with Gasteiger partial charge in [-0.25, -0.2) is 8.42 Å². The van der Waals surface area contributed by atoms with Crippen LogP contribution in [-0.2, 0) is 9.84 Å². The van der Waals surface area contributed by atoms with E-state index >= 15 is 0 Å². The number of aliphatic hydroxyl groups excluding tert-OH is 1. The molecule has 4 nitrogen and oxygen atoms in total. The van der Waals surface area contributed by atoms with E-state index in [2.05, 4.69) is 4.74 Å². The number of halogens is 3. The summed E-state index contributed by atoms with van der Waals surface area (Å²) in [6.07, 6.45) is -5.30. The molecule has 0 bridgehead atoms. The number of hydrogen-bond donors (Lipinski definition) is 1. The van der Waals surface area contributed by atoms with Crippen LogP contribution in [0.2, 0.25) is 0 Å². The van der Waals surface area contributed by atoms with Gasteiger partial charge in [-0.2, -0.15) is 0 Å². The Labute approximate surface area is 102 Å². The molecule has 0 spiro atoms. The summed E-state index contributed by atoms with van der Waals surface area (Å²) in [5.41, 5.74) is 0.0437. The topological polar surface area (TPSA) is 63.6 Å². The van der Waals surface area contributed by atoms with E-state index in [9.17, 15) is 26.7 Å². The molecule has 0 saturated carbocycles. The first-order valence-corrected chi connectivity index (χ1v) is 6.84. The predicted octanol–water partition coefficient (Wildman–Crippen LogP) is 1.66. The fourth-order valence-electron chi connectivity index (χ4n) is 1.30. The minimum atomic E-state index is -4.83. The van der Waals surface area contributed by atoms with Crippen LogP contribution in [0.1, 0.15) is 11.7 Å². The number of ether oxygens (including phenoxy) is 1. The van der Waals surface area contributed by atoms with Crippen molar-refractivity contribution in [2.24, 2.45) is 0 Å². The van der Waals surface area contributed by atoms with E-state index in [-0.39, 0.29) is 5.56 Å². The summed E-state index contributed by atoms with van der Waals surface area (Å²) in [5, 5.41) is 9.56. The number of rotatable bonds is 4. The lowest BCUT2D eigenvalue weighted by Gasteiger charge is -2.13. The van der Waals surface area contributed by atoms with Crippen molar-refractivity contribution in [3.05, 3.63) is 29.8 Å². The van der Waals surface area contributed by atoms with Gasteiger partial charge in [-0.3, -0.25) is 0 Å². The zero-order valence-corrected chi connectivity index (χ0v) is 10.1. The molecular formula is C10H11F3O4S. The smallest absolute Gasteiger partial charge is 0.406 e. The Hall–Kier alpha value is -1.28. The van der Waals surface area contributed by atoms with Crippen molar-refractivity contribution < 1.29 is 31.4 Å². The molecular weight excluding hydrogens is 273 g/mol. The average molecular weight is 284 g/mol. The first kappa shape index (κ1) is 14.8. The summed E-state index contributed by atoms with van der Waals surface area (Å²) in [4.78, 5) is 0. The van der Waals surface area contributed by atoms with E-state index in [1.54, 1.807) is 0 Å². The van der Waals surface area contributed by atoms with Crippen LogP contribution in [0.15, 0.2) is 24.3 Å². The first-order chi connectivity index (χ1) is 8.07. The number of aliphatic hydroxyl groups is 1. The van der Waals surface area contributed by atoms with Crippen molar-refractivity contribution >= 4 is 9.84 Å². The van der Waals surface area contributed by atoms with Gasteiger partial charge in [0.15, 0.2) is 0 Å². The quantitative estimate of drug-likeness (QED) is 0.913. The second-order valence-corrected chi connectivity index (χ2v) is 5.91. The fraction of sp³-hybridized carbons (Fsp3) is 0.400. The molecule has 0 fully saturated rings. The SMILES string of the molecule is CS(=O)(=O)CC(O)c1cccc(OC(F)(F)F)c1. The van der Waals surface area contributed by atoms with Gasteiger partial charge in [-0.15, -0.1) is 13.2 Å². The van der Waals surface area contributed by atoms with Crippen LogP contribution in [0.3, 0.4) is 0 Å². The summed E-state index contributed by atoms with van der Waals surface area (Å²) in [7, 11) is -3.43. The van der Waals surface area contributed by atoms with Gasteiger partial charge >= 0.3 is 6.36 Å². The van der Waals surface area contributed by atoms with E-state index in [0.717, 1.165) is 18.4 Å². The molecule has 0 amide bonds. The molecule has 1 unspecified atom stereocenters. The summed E-state index contributed by atoms with van der Waals surface area (Å²) in [6, 6.07) is 4.56. The number of sulfone groups is 1. The molecule has 0 aliphatic rings. The monoisotopic (exact) mass is 284 g/mol. The Kier molecular flexibility index (Phi) is 4.23. The van der Waals surface area contributed by atoms with Crippen molar-refractivity contribution in [2.45, 2.75) is 12.5 Å². The maximum absolute atomic E-state index is 12.0. The predicted molar refractivity (Wildman–Crippen MR) is 57.8 cm³/mol. The van der Waals surface area contributed by atoms with Crippen molar-refractivity contribution in [1.29, 1.82) is 0 Å². The third-order valence-electron chi connectivity index (χ3n) is 1.94. The normalized spacial score (nSPS) is 14.3. The van der Waals surface area contributed by atoms with Crippen molar-refractivity contribution in [2.75, 3.05) is 12.0 Å². The fourth-order valence-corrected chi connectivity index (χ4v) is 2.07. The molecule has 8 heteroatoms. The Morgan fingerprint density at radius 3 is 2.50 bits per heavy atom. The number of hydrogen-bond acceptors (Lipinski definition) is 4. The number of benzene rings is 1. The molecule has 0 radical (unpaired) electrons. The molecule has 0 aliphatic carbocycles. The van der Waals surface area contributed by atoms with Crippen molar-refractivity contribution in [1.82, 2.24) is 0 Å². The highest BCUT2D eigenvalue weighted by molar-refractivity contribution is 7.90. The second kappa shape index (κ2) is 5.15. The van der Waals surface area contributed by atoms with Crippen LogP contribution < -0.4 is 4.74 Å². The van der Waals surface area contributed by atoms with Crippen LogP contribution in [0.25, 0.3) is 0 Å². The zero-order chi connectivity index (χ0) is 14.0. The maximum atomic E-state index is 12.0. The molecule has 18 heavy (non-hydrogen) atoms. The van der Waals surface area contributed by atoms with Crippen molar-refractivity contribution in [3.8, 4) is 5.75 Å². The van der Waals surface area contributed by atoms with Crippen LogP contribution in [-0.4, -0.2) is 31.9 Å². The minimum Gasteiger partial charge on any atom is -0.406 e. The molecule has 102 valence electrons. The van der Waals surface area contributed by atoms with Gasteiger partial charge in [0.2, 0.25) is 0 Å². The third kappa shape index (κ3) is 5.37. The lowest BCUT2D eigenvalue weighted by molar-refractivity contribution is -0.274. The van der Waals surface area contributed by atoms with Crippen LogP contribution in [0.5, 0.6) is 5.75 Å². The molecule has 1 rings (SSSR count). The molecule has 1 atom stereocenters. The van der Waals surface area contributed by atoms with Gasteiger partial charge in [0.05, 0.1) is 11.9 Å². The molecule has 0 saturated heterocycles. The summed E-state index contributed by atoms with van der Waals surface area (Å²) < 4.78 is 61.5. The number of alkyl halides is 3. The molecule has 0 heterocycles. The first-order valence-electron chi connectivity index (χ1n) is 4.78. The van der Waals surface area contributed by atoms with Gasteiger partial charge in [0.25, 0.3) is 0 Å². The van der Waals surface area contributed by atoms with Crippen molar-refractivity contribution in [3.63, 3.8) is 0 Å². The summed E-state index contributed by atoms with van der Waals surface area (Å²) >= 11 is 0. The molecule has 1 aromatic carbocycles. The Bertz CT molecular complexity index is 510. The highest BCUT2D eigenvalue weighted by Gasteiger charge is 2.31. The van der Waals surface area contributed by atoms with Crippen LogP contribution >= 0.6 is 0 Å². The lowest BCUT2D eigenvalue weighted by Crippen LogP contribution is -2.17. The van der Waals surface area contributed by atoms with Crippen LogP contribution in [0.4, 0.5) is 13.2 Å². The van der Waals surface area contributed by atoms with Gasteiger partial charge in [-0.05, 0) is 17.7 Å². The highest BCUT2D eigenvalue weighted by Crippen LogP contribution is 2.25. The third-order valence-corrected chi connectivity index (χ3v) is 2.86. The Morgan fingerprint density at radius 2 is 2.00 bits per heavy atom. The van der Waals surface area contributed by atoms with E-state index in [0.29, 0.717) is 0 Å². The summed E-state index contributed by atoms with van der Waals surface area (Å²) in [6.45, 7) is 0. The lowest BCUT2D eigenvalue weighted by atomic mass is 10.1. The standard InChI is InChI=1S/C10H11F3O4S/c1-18(15,16)6-9(14)7-3-2-4-8(5-7)17-10(11,12)13/h2-5,9,14H,6H2,1H3. The largest absolute Gasteiger partial charge is 0.573 e. The van der Waals surface area contributed by atoms with E-state index < -0.39 is 33.8 Å². The van der Waals surface area contributed by atoms with E-state index in [1.807, 2.05) is 0 Å². The molecule has 1 aromatic rings. The van der Waals surface area contributed by atoms with Crippen LogP contribution in [0, 0.1) is 0 Å². The molecule has 0 aromatic heterocycles. The second-order valence-electron chi connectivity index (χ2n) is 3.73. The molecule has 0 aliphatic heterocycles. The minimum absolute atomic E-state index is 0.0437. The average Bonchev–Trinajstić information content (AvgIpc) is 2.12. The highest BCUT2D eigenvalue weighted by atomic mass is 32.2. The van der Waals surface area contributed by atoms with E-state index in [4.69, 9.17) is 0 Å². The van der Waals surface area contributed by atoms with Gasteiger partial charge in [0.1, 0.15) is 15.6 Å². The van der Waals surface area contributed by atoms with Gasteiger partial charge < -0.3 is 9.84 Å². The Balaban J connectivity index is 2.88. The maximum Gasteiger partial charge on any atom is 0.573 e. The zero-order valence-electron chi connectivity index (χ0n) is 9.31. The van der Waals surface area contributed by atoms with Gasteiger partial charge in [-0.1, -0.05) is 12.1 Å². The summed E-state index contributed by atoms with van der Waals surface area (Å²) in [5.74, 6) is -1.07. The van der Waals surface area contributed by atoms with Gasteiger partial charge in [0, 0.05) is 6.26 Å².